The summed E-state index contributed by atoms with van der Waals surface area (Å²) in [6.45, 7) is 2.99. The average Bonchev–Trinajstić information content (AvgIpc) is 3.25. The molecule has 5 rings (SSSR count). The van der Waals surface area contributed by atoms with Gasteiger partial charge in [0.2, 0.25) is 5.82 Å². The zero-order valence-electron chi connectivity index (χ0n) is 17.8. The number of hydrogen-bond donors (Lipinski definition) is 2. The molecule has 33 heavy (non-hydrogen) atoms. The van der Waals surface area contributed by atoms with Crippen LogP contribution in [0.3, 0.4) is 0 Å². The van der Waals surface area contributed by atoms with Gasteiger partial charge in [0.25, 0.3) is 0 Å². The Bertz CT molecular complexity index is 1380. The van der Waals surface area contributed by atoms with Gasteiger partial charge >= 0.3 is 0 Å². The topological polar surface area (TPSA) is 106 Å². The van der Waals surface area contributed by atoms with Crippen LogP contribution in [0.15, 0.2) is 67.5 Å². The van der Waals surface area contributed by atoms with E-state index >= 15 is 0 Å². The van der Waals surface area contributed by atoms with Crippen LogP contribution in [-0.2, 0) is 13.1 Å². The van der Waals surface area contributed by atoms with Crippen LogP contribution in [-0.4, -0.2) is 34.5 Å². The Morgan fingerprint density at radius 3 is 2.70 bits per heavy atom. The lowest BCUT2D eigenvalue weighted by molar-refractivity contribution is 0.625. The molecular weight excluding hydrogens is 421 g/mol. The fourth-order valence-corrected chi connectivity index (χ4v) is 3.36. The molecule has 5 aromatic rings. The number of hydrogen-bond acceptors (Lipinski definition) is 8. The molecule has 0 atom stereocenters. The summed E-state index contributed by atoms with van der Waals surface area (Å²) in [5.41, 5.74) is 4.27. The van der Waals surface area contributed by atoms with E-state index in [9.17, 15) is 4.39 Å². The third kappa shape index (κ3) is 4.51. The first kappa shape index (κ1) is 20.6. The van der Waals surface area contributed by atoms with Crippen LogP contribution in [0.25, 0.3) is 17.0 Å². The Hall–Kier alpha value is -4.31. The molecule has 2 N–H and O–H groups in total. The Labute approximate surface area is 188 Å². The molecule has 0 saturated carbocycles. The van der Waals surface area contributed by atoms with Crippen molar-refractivity contribution in [3.63, 3.8) is 0 Å². The van der Waals surface area contributed by atoms with Crippen LogP contribution in [0.5, 0.6) is 0 Å². The van der Waals surface area contributed by atoms with Gasteiger partial charge in [0.1, 0.15) is 11.2 Å². The number of aromatic nitrogens is 7. The SMILES string of the molecule is Cc1cnc(CNCc2ccn3nc(-c4ccccn4)nc(Nc4ccncc4F)c23)cn1. The second-order valence-electron chi connectivity index (χ2n) is 7.37. The van der Waals surface area contributed by atoms with Crippen molar-refractivity contribution < 1.29 is 4.39 Å². The molecule has 0 unspecified atom stereocenters. The highest BCUT2D eigenvalue weighted by molar-refractivity contribution is 5.78. The van der Waals surface area contributed by atoms with E-state index < -0.39 is 5.82 Å². The highest BCUT2D eigenvalue weighted by atomic mass is 19.1. The Kier molecular flexibility index (Phi) is 5.64. The van der Waals surface area contributed by atoms with E-state index in [1.807, 2.05) is 37.4 Å². The molecule has 0 fully saturated rings. The third-order valence-electron chi connectivity index (χ3n) is 4.97. The minimum absolute atomic E-state index is 0.271. The van der Waals surface area contributed by atoms with Gasteiger partial charge in [-0.15, -0.1) is 5.10 Å². The van der Waals surface area contributed by atoms with Gasteiger partial charge in [-0.1, -0.05) is 6.07 Å². The molecule has 0 aliphatic carbocycles. The average molecular weight is 441 g/mol. The summed E-state index contributed by atoms with van der Waals surface area (Å²) < 4.78 is 16.1. The number of rotatable bonds is 7. The first-order valence-corrected chi connectivity index (χ1v) is 10.3. The van der Waals surface area contributed by atoms with Crippen molar-refractivity contribution in [1.29, 1.82) is 0 Å². The number of pyridine rings is 2. The van der Waals surface area contributed by atoms with Crippen LogP contribution in [0.4, 0.5) is 15.9 Å². The number of aryl methyl sites for hydroxylation is 1. The molecule has 0 aliphatic heterocycles. The molecule has 0 radical (unpaired) electrons. The lowest BCUT2D eigenvalue weighted by atomic mass is 10.2. The zero-order chi connectivity index (χ0) is 22.6. The third-order valence-corrected chi connectivity index (χ3v) is 4.97. The van der Waals surface area contributed by atoms with Gasteiger partial charge in [0, 0.05) is 44.1 Å². The molecule has 5 heterocycles. The summed E-state index contributed by atoms with van der Waals surface area (Å²) in [6.07, 6.45) is 9.69. The molecule has 0 aliphatic rings. The predicted molar refractivity (Wildman–Crippen MR) is 121 cm³/mol. The van der Waals surface area contributed by atoms with Crippen LogP contribution in [0, 0.1) is 12.7 Å². The number of fused-ring (bicyclic) bond motifs is 1. The van der Waals surface area contributed by atoms with E-state index in [1.54, 1.807) is 29.2 Å². The van der Waals surface area contributed by atoms with Gasteiger partial charge < -0.3 is 10.6 Å². The van der Waals surface area contributed by atoms with Gasteiger partial charge in [0.15, 0.2) is 11.6 Å². The predicted octanol–water partition coefficient (Wildman–Crippen LogP) is 3.46. The number of nitrogens with zero attached hydrogens (tertiary/aromatic N) is 7. The normalized spacial score (nSPS) is 11.1. The molecule has 0 spiro atoms. The smallest absolute Gasteiger partial charge is 0.200 e. The largest absolute Gasteiger partial charge is 0.336 e. The van der Waals surface area contributed by atoms with Gasteiger partial charge in [-0.3, -0.25) is 19.9 Å². The zero-order valence-corrected chi connectivity index (χ0v) is 17.8. The maximum absolute atomic E-state index is 14.3. The molecule has 0 bridgehead atoms. The van der Waals surface area contributed by atoms with Crippen LogP contribution in [0.2, 0.25) is 0 Å². The van der Waals surface area contributed by atoms with Crippen molar-refractivity contribution >= 4 is 17.0 Å². The summed E-state index contributed by atoms with van der Waals surface area (Å²) >= 11 is 0. The highest BCUT2D eigenvalue weighted by Gasteiger charge is 2.16. The lowest BCUT2D eigenvalue weighted by Crippen LogP contribution is -2.14. The van der Waals surface area contributed by atoms with E-state index in [4.69, 9.17) is 0 Å². The second-order valence-corrected chi connectivity index (χ2v) is 7.37. The van der Waals surface area contributed by atoms with Crippen LogP contribution >= 0.6 is 0 Å². The van der Waals surface area contributed by atoms with E-state index in [0.717, 1.165) is 28.7 Å². The molecule has 9 nitrogen and oxygen atoms in total. The monoisotopic (exact) mass is 441 g/mol. The molecule has 5 aromatic heterocycles. The number of anilines is 2. The molecular formula is C23H20FN9. The fourth-order valence-electron chi connectivity index (χ4n) is 3.36. The number of nitrogens with one attached hydrogen (secondary N) is 2. The lowest BCUT2D eigenvalue weighted by Gasteiger charge is -2.12. The second kappa shape index (κ2) is 9.05. The molecule has 0 aromatic carbocycles. The standard InChI is InChI=1S/C23H20FN9/c1-15-10-29-17(13-28-15)12-26-11-16-6-9-33-21(16)23(30-19-5-8-25-14-18(19)24)31-22(32-33)20-4-2-3-7-27-20/h2-10,13-14,26H,11-12H2,1H3,(H,25,30,31,32). The van der Waals surface area contributed by atoms with Crippen LogP contribution < -0.4 is 10.6 Å². The summed E-state index contributed by atoms with van der Waals surface area (Å²) in [4.78, 5) is 21.5. The first-order chi connectivity index (χ1) is 16.2. The molecule has 0 amide bonds. The minimum Gasteiger partial charge on any atom is -0.336 e. The van der Waals surface area contributed by atoms with E-state index in [2.05, 4.69) is 40.7 Å². The van der Waals surface area contributed by atoms with Gasteiger partial charge in [-0.05, 0) is 36.8 Å². The molecule has 0 saturated heterocycles. The Morgan fingerprint density at radius 2 is 1.91 bits per heavy atom. The van der Waals surface area contributed by atoms with Gasteiger partial charge in [-0.25, -0.2) is 13.9 Å². The minimum atomic E-state index is -0.474. The van der Waals surface area contributed by atoms with E-state index in [-0.39, 0.29) is 5.69 Å². The fraction of sp³-hybridized carbons (Fsp3) is 0.130. The maximum Gasteiger partial charge on any atom is 0.200 e. The van der Waals surface area contributed by atoms with Gasteiger partial charge in [0.05, 0.1) is 23.3 Å². The van der Waals surface area contributed by atoms with Crippen molar-refractivity contribution in [2.45, 2.75) is 20.0 Å². The highest BCUT2D eigenvalue weighted by Crippen LogP contribution is 2.27. The van der Waals surface area contributed by atoms with Crippen molar-refractivity contribution in [3.8, 4) is 11.5 Å². The summed E-state index contributed by atoms with van der Waals surface area (Å²) in [5.74, 6) is 0.413. The van der Waals surface area contributed by atoms with Crippen molar-refractivity contribution in [2.24, 2.45) is 0 Å². The summed E-state index contributed by atoms with van der Waals surface area (Å²) in [7, 11) is 0. The van der Waals surface area contributed by atoms with Crippen LogP contribution in [0.1, 0.15) is 17.0 Å². The summed E-state index contributed by atoms with van der Waals surface area (Å²) in [6, 6.07) is 9.03. The van der Waals surface area contributed by atoms with Crippen molar-refractivity contribution in [1.82, 2.24) is 39.9 Å². The molecule has 164 valence electrons. The Balaban J connectivity index is 1.49. The van der Waals surface area contributed by atoms with Crippen molar-refractivity contribution in [3.05, 3.63) is 90.3 Å². The quantitative estimate of drug-likeness (QED) is 0.396. The van der Waals surface area contributed by atoms with E-state index in [0.29, 0.717) is 30.4 Å². The maximum atomic E-state index is 14.3. The first-order valence-electron chi connectivity index (χ1n) is 10.3. The van der Waals surface area contributed by atoms with Crippen molar-refractivity contribution in [2.75, 3.05) is 5.32 Å². The Morgan fingerprint density at radius 1 is 0.970 bits per heavy atom. The van der Waals surface area contributed by atoms with E-state index in [1.165, 1.54) is 6.20 Å². The number of halogens is 1. The van der Waals surface area contributed by atoms with Gasteiger partial charge in [-0.2, -0.15) is 0 Å². The molecule has 10 heteroatoms. The summed E-state index contributed by atoms with van der Waals surface area (Å²) in [5, 5.41) is 11.1.